The number of carboxylic acids is 1. The van der Waals surface area contributed by atoms with Crippen LogP contribution in [0, 0.1) is 0 Å². The zero-order valence-electron chi connectivity index (χ0n) is 10.7. The van der Waals surface area contributed by atoms with Gasteiger partial charge in [-0.1, -0.05) is 6.92 Å². The Balaban J connectivity index is 2.14. The van der Waals surface area contributed by atoms with E-state index in [4.69, 9.17) is 5.11 Å². The second-order valence-corrected chi connectivity index (χ2v) is 4.98. The molecule has 0 aliphatic heterocycles. The molecule has 1 atom stereocenters. The van der Waals surface area contributed by atoms with E-state index < -0.39 is 12.0 Å². The maximum atomic E-state index is 12.2. The lowest BCUT2D eigenvalue weighted by Gasteiger charge is -2.14. The first kappa shape index (κ1) is 14.1. The standard InChI is InChI=1S/C11H13N5O3S/c1-2-7(5-9(17)18)13-11(19)10-8(3-4-20-10)16-6-12-14-15-16/h3-4,6-7H,2,5H2,1H3,(H,13,19)(H,17,18). The molecule has 2 heterocycles. The molecule has 0 saturated heterocycles. The van der Waals surface area contributed by atoms with Crippen molar-refractivity contribution in [3.05, 3.63) is 22.7 Å². The van der Waals surface area contributed by atoms with E-state index in [0.29, 0.717) is 17.0 Å². The van der Waals surface area contributed by atoms with Crippen LogP contribution in [0.2, 0.25) is 0 Å². The van der Waals surface area contributed by atoms with E-state index in [2.05, 4.69) is 20.8 Å². The first-order valence-corrected chi connectivity index (χ1v) is 6.83. The number of hydrogen-bond acceptors (Lipinski definition) is 6. The molecule has 0 radical (unpaired) electrons. The fourth-order valence-corrected chi connectivity index (χ4v) is 2.46. The highest BCUT2D eigenvalue weighted by molar-refractivity contribution is 7.12. The monoisotopic (exact) mass is 295 g/mol. The average molecular weight is 295 g/mol. The number of carbonyl (C=O) groups excluding carboxylic acids is 1. The summed E-state index contributed by atoms with van der Waals surface area (Å²) in [6.45, 7) is 1.82. The molecule has 2 aromatic heterocycles. The minimum absolute atomic E-state index is 0.103. The summed E-state index contributed by atoms with van der Waals surface area (Å²) >= 11 is 1.25. The summed E-state index contributed by atoms with van der Waals surface area (Å²) in [7, 11) is 0. The molecule has 1 amide bonds. The predicted octanol–water partition coefficient (Wildman–Crippen LogP) is 0.707. The SMILES string of the molecule is CCC(CC(=O)O)NC(=O)c1sccc1-n1cnnn1. The quantitative estimate of drug-likeness (QED) is 0.812. The van der Waals surface area contributed by atoms with Crippen molar-refractivity contribution in [1.29, 1.82) is 0 Å². The normalized spacial score (nSPS) is 12.1. The van der Waals surface area contributed by atoms with Gasteiger partial charge in [0.1, 0.15) is 11.2 Å². The number of thiophene rings is 1. The van der Waals surface area contributed by atoms with Crippen LogP contribution in [0.15, 0.2) is 17.8 Å². The Morgan fingerprint density at radius 2 is 2.35 bits per heavy atom. The Morgan fingerprint density at radius 1 is 1.55 bits per heavy atom. The van der Waals surface area contributed by atoms with Gasteiger partial charge in [0.25, 0.3) is 5.91 Å². The van der Waals surface area contributed by atoms with Crippen molar-refractivity contribution >= 4 is 23.2 Å². The number of amides is 1. The molecule has 8 nitrogen and oxygen atoms in total. The van der Waals surface area contributed by atoms with Gasteiger partial charge in [0.05, 0.1) is 12.1 Å². The molecule has 0 aliphatic carbocycles. The van der Waals surface area contributed by atoms with Crippen molar-refractivity contribution in [2.24, 2.45) is 0 Å². The van der Waals surface area contributed by atoms with Crippen LogP contribution in [0.4, 0.5) is 0 Å². The summed E-state index contributed by atoms with van der Waals surface area (Å²) in [4.78, 5) is 23.4. The van der Waals surface area contributed by atoms with Crippen molar-refractivity contribution in [3.8, 4) is 5.69 Å². The van der Waals surface area contributed by atoms with Crippen LogP contribution in [0.5, 0.6) is 0 Å². The molecule has 0 aliphatic rings. The smallest absolute Gasteiger partial charge is 0.305 e. The fraction of sp³-hybridized carbons (Fsp3) is 0.364. The zero-order chi connectivity index (χ0) is 14.5. The molecule has 0 fully saturated rings. The van der Waals surface area contributed by atoms with Crippen LogP contribution < -0.4 is 5.32 Å². The summed E-state index contributed by atoms with van der Waals surface area (Å²) in [6, 6.07) is 1.33. The number of hydrogen-bond donors (Lipinski definition) is 2. The summed E-state index contributed by atoms with van der Waals surface area (Å²) in [5.41, 5.74) is 0.572. The van der Waals surface area contributed by atoms with Gasteiger partial charge in [0.2, 0.25) is 0 Å². The largest absolute Gasteiger partial charge is 0.481 e. The van der Waals surface area contributed by atoms with Crippen LogP contribution in [0.3, 0.4) is 0 Å². The summed E-state index contributed by atoms with van der Waals surface area (Å²) in [5, 5.41) is 24.0. The van der Waals surface area contributed by atoms with Gasteiger partial charge in [0, 0.05) is 6.04 Å². The molecule has 2 rings (SSSR count). The third-order valence-corrected chi connectivity index (χ3v) is 3.60. The lowest BCUT2D eigenvalue weighted by Crippen LogP contribution is -2.36. The van der Waals surface area contributed by atoms with Crippen molar-refractivity contribution in [1.82, 2.24) is 25.5 Å². The lowest BCUT2D eigenvalue weighted by atomic mass is 10.1. The Kier molecular flexibility index (Phi) is 4.41. The van der Waals surface area contributed by atoms with Crippen molar-refractivity contribution in [2.75, 3.05) is 0 Å². The molecule has 106 valence electrons. The number of carboxylic acid groups (broad SMARTS) is 1. The zero-order valence-corrected chi connectivity index (χ0v) is 11.5. The van der Waals surface area contributed by atoms with Crippen LogP contribution in [-0.4, -0.2) is 43.2 Å². The van der Waals surface area contributed by atoms with Crippen LogP contribution in [-0.2, 0) is 4.79 Å². The molecule has 0 saturated carbocycles. The maximum Gasteiger partial charge on any atom is 0.305 e. The van der Waals surface area contributed by atoms with Gasteiger partial charge in [-0.05, 0) is 28.3 Å². The molecule has 0 spiro atoms. The molecule has 9 heteroatoms. The first-order valence-electron chi connectivity index (χ1n) is 5.95. The Bertz CT molecular complexity index is 595. The van der Waals surface area contributed by atoms with Gasteiger partial charge in [-0.15, -0.1) is 16.4 Å². The third-order valence-electron chi connectivity index (χ3n) is 2.70. The number of aromatic nitrogens is 4. The van der Waals surface area contributed by atoms with E-state index >= 15 is 0 Å². The Hall–Kier alpha value is -2.29. The summed E-state index contributed by atoms with van der Waals surface area (Å²) < 4.78 is 1.39. The van der Waals surface area contributed by atoms with Gasteiger partial charge >= 0.3 is 5.97 Å². The number of aliphatic carboxylic acids is 1. The number of nitrogens with one attached hydrogen (secondary N) is 1. The minimum Gasteiger partial charge on any atom is -0.481 e. The van der Waals surface area contributed by atoms with E-state index in [-0.39, 0.29) is 12.3 Å². The van der Waals surface area contributed by atoms with Gasteiger partial charge in [-0.3, -0.25) is 9.59 Å². The molecule has 0 aromatic carbocycles. The maximum absolute atomic E-state index is 12.2. The number of nitrogens with zero attached hydrogens (tertiary/aromatic N) is 4. The number of tetrazole rings is 1. The number of rotatable bonds is 6. The topological polar surface area (TPSA) is 110 Å². The predicted molar refractivity (Wildman–Crippen MR) is 70.8 cm³/mol. The molecule has 1 unspecified atom stereocenters. The highest BCUT2D eigenvalue weighted by Gasteiger charge is 2.19. The van der Waals surface area contributed by atoms with Crippen LogP contribution >= 0.6 is 11.3 Å². The van der Waals surface area contributed by atoms with E-state index in [0.717, 1.165) is 0 Å². The highest BCUT2D eigenvalue weighted by atomic mass is 32.1. The minimum atomic E-state index is -0.941. The van der Waals surface area contributed by atoms with Crippen molar-refractivity contribution in [3.63, 3.8) is 0 Å². The van der Waals surface area contributed by atoms with E-state index in [1.165, 1.54) is 22.3 Å². The van der Waals surface area contributed by atoms with Gasteiger partial charge in [-0.25, -0.2) is 0 Å². The molecule has 2 aromatic rings. The second-order valence-electron chi connectivity index (χ2n) is 4.07. The Morgan fingerprint density at radius 3 is 2.95 bits per heavy atom. The number of carbonyl (C=O) groups is 2. The summed E-state index contributed by atoms with van der Waals surface area (Å²) in [6.07, 6.45) is 1.84. The van der Waals surface area contributed by atoms with Crippen molar-refractivity contribution in [2.45, 2.75) is 25.8 Å². The van der Waals surface area contributed by atoms with Crippen LogP contribution in [0.1, 0.15) is 29.4 Å². The van der Waals surface area contributed by atoms with E-state index in [1.54, 1.807) is 11.4 Å². The van der Waals surface area contributed by atoms with Crippen molar-refractivity contribution < 1.29 is 14.7 Å². The first-order chi connectivity index (χ1) is 9.61. The molecule has 0 bridgehead atoms. The molecular formula is C11H13N5O3S. The van der Waals surface area contributed by atoms with E-state index in [1.807, 2.05) is 6.92 Å². The second kappa shape index (κ2) is 6.24. The Labute approximate surface area is 118 Å². The highest BCUT2D eigenvalue weighted by Crippen LogP contribution is 2.20. The average Bonchev–Trinajstić information content (AvgIpc) is 3.07. The third kappa shape index (κ3) is 3.18. The van der Waals surface area contributed by atoms with Gasteiger partial charge < -0.3 is 10.4 Å². The van der Waals surface area contributed by atoms with Crippen LogP contribution in [0.25, 0.3) is 5.69 Å². The molecular weight excluding hydrogens is 282 g/mol. The van der Waals surface area contributed by atoms with Gasteiger partial charge in [0.15, 0.2) is 0 Å². The molecule has 20 heavy (non-hydrogen) atoms. The fourth-order valence-electron chi connectivity index (χ4n) is 1.68. The molecule has 2 N–H and O–H groups in total. The van der Waals surface area contributed by atoms with E-state index in [9.17, 15) is 9.59 Å². The lowest BCUT2D eigenvalue weighted by molar-refractivity contribution is -0.137. The van der Waals surface area contributed by atoms with Gasteiger partial charge in [-0.2, -0.15) is 4.68 Å². The summed E-state index contributed by atoms with van der Waals surface area (Å²) in [5.74, 6) is -1.26.